The lowest BCUT2D eigenvalue weighted by atomic mass is 9.97. The minimum absolute atomic E-state index is 0.123. The Kier molecular flexibility index (Phi) is 7.09. The molecule has 112 valence electrons. The van der Waals surface area contributed by atoms with Gasteiger partial charge in [0.25, 0.3) is 5.91 Å². The van der Waals surface area contributed by atoms with E-state index in [4.69, 9.17) is 4.74 Å². The first-order chi connectivity index (χ1) is 9.49. The second-order valence-electron chi connectivity index (χ2n) is 4.88. The Morgan fingerprint density at radius 3 is 2.70 bits per heavy atom. The molecule has 0 spiro atoms. The van der Waals surface area contributed by atoms with Crippen molar-refractivity contribution in [2.75, 3.05) is 19.9 Å². The number of thioether (sulfide) groups is 1. The SMILES string of the molecule is COC(=O)[C@@H](CNC(=O)c1sccc1SC)CC(C)C. The number of hydrogen-bond donors (Lipinski definition) is 1. The zero-order chi connectivity index (χ0) is 15.1. The van der Waals surface area contributed by atoms with Crippen LogP contribution < -0.4 is 5.32 Å². The van der Waals surface area contributed by atoms with Crippen LogP contribution in [0.3, 0.4) is 0 Å². The highest BCUT2D eigenvalue weighted by molar-refractivity contribution is 7.98. The number of ether oxygens (including phenoxy) is 1. The van der Waals surface area contributed by atoms with Gasteiger partial charge in [0.05, 0.1) is 13.0 Å². The molecular formula is C14H21NO3S2. The largest absolute Gasteiger partial charge is 0.469 e. The summed E-state index contributed by atoms with van der Waals surface area (Å²) in [5.74, 6) is -0.307. The molecule has 0 aromatic carbocycles. The third-order valence-electron chi connectivity index (χ3n) is 2.85. The fourth-order valence-electron chi connectivity index (χ4n) is 1.92. The summed E-state index contributed by atoms with van der Waals surface area (Å²) in [6.45, 7) is 4.40. The van der Waals surface area contributed by atoms with Gasteiger partial charge >= 0.3 is 5.97 Å². The number of carbonyl (C=O) groups excluding carboxylic acids is 2. The molecule has 0 unspecified atom stereocenters. The standard InChI is InChI=1S/C14H21NO3S2/c1-9(2)7-10(14(17)18-3)8-15-13(16)12-11(19-4)5-6-20-12/h5-6,9-10H,7-8H2,1-4H3,(H,15,16)/t10-/m1/s1. The monoisotopic (exact) mass is 315 g/mol. The Morgan fingerprint density at radius 2 is 2.15 bits per heavy atom. The van der Waals surface area contributed by atoms with Gasteiger partial charge in [-0.15, -0.1) is 23.1 Å². The average molecular weight is 315 g/mol. The molecule has 4 nitrogen and oxygen atoms in total. The highest BCUT2D eigenvalue weighted by Gasteiger charge is 2.22. The van der Waals surface area contributed by atoms with E-state index in [1.54, 1.807) is 11.8 Å². The summed E-state index contributed by atoms with van der Waals surface area (Å²) in [5.41, 5.74) is 0. The number of rotatable bonds is 7. The summed E-state index contributed by atoms with van der Waals surface area (Å²) in [6.07, 6.45) is 2.64. The third-order valence-corrected chi connectivity index (χ3v) is 4.68. The molecule has 0 saturated heterocycles. The molecule has 1 aromatic rings. The molecule has 0 fully saturated rings. The van der Waals surface area contributed by atoms with Crippen LogP contribution in [-0.2, 0) is 9.53 Å². The quantitative estimate of drug-likeness (QED) is 0.621. The molecule has 1 atom stereocenters. The fraction of sp³-hybridized carbons (Fsp3) is 0.571. The topological polar surface area (TPSA) is 55.4 Å². The molecule has 0 bridgehead atoms. The molecule has 0 aliphatic carbocycles. The first kappa shape index (κ1) is 17.0. The third kappa shape index (κ3) is 4.83. The number of hydrogen-bond acceptors (Lipinski definition) is 5. The molecule has 20 heavy (non-hydrogen) atoms. The smallest absolute Gasteiger partial charge is 0.310 e. The van der Waals surface area contributed by atoms with Crippen molar-refractivity contribution in [3.8, 4) is 0 Å². The van der Waals surface area contributed by atoms with E-state index in [9.17, 15) is 9.59 Å². The zero-order valence-electron chi connectivity index (χ0n) is 12.3. The van der Waals surface area contributed by atoms with Crippen LogP contribution >= 0.6 is 23.1 Å². The van der Waals surface area contributed by atoms with E-state index < -0.39 is 0 Å². The highest BCUT2D eigenvalue weighted by Crippen LogP contribution is 2.25. The van der Waals surface area contributed by atoms with Crippen LogP contribution in [0.5, 0.6) is 0 Å². The van der Waals surface area contributed by atoms with Crippen molar-refractivity contribution in [3.05, 3.63) is 16.3 Å². The molecule has 1 rings (SSSR count). The van der Waals surface area contributed by atoms with Crippen LogP contribution in [0.25, 0.3) is 0 Å². The van der Waals surface area contributed by atoms with Crippen LogP contribution in [-0.4, -0.2) is 31.8 Å². The minimum Gasteiger partial charge on any atom is -0.469 e. The Balaban J connectivity index is 2.63. The number of methoxy groups -OCH3 is 1. The molecule has 1 aromatic heterocycles. The summed E-state index contributed by atoms with van der Waals surface area (Å²) in [4.78, 5) is 25.5. The molecule has 0 saturated carbocycles. The fourth-order valence-corrected chi connectivity index (χ4v) is 3.58. The van der Waals surface area contributed by atoms with E-state index in [1.165, 1.54) is 18.4 Å². The Hall–Kier alpha value is -1.01. The first-order valence-corrected chi connectivity index (χ1v) is 8.57. The normalized spacial score (nSPS) is 12.2. The number of carbonyl (C=O) groups is 2. The number of thiophene rings is 1. The van der Waals surface area contributed by atoms with E-state index in [0.29, 0.717) is 23.8 Å². The number of esters is 1. The van der Waals surface area contributed by atoms with E-state index in [2.05, 4.69) is 5.32 Å². The summed E-state index contributed by atoms with van der Waals surface area (Å²) < 4.78 is 4.79. The van der Waals surface area contributed by atoms with Gasteiger partial charge in [-0.2, -0.15) is 0 Å². The maximum atomic E-state index is 12.1. The Bertz CT molecular complexity index is 457. The predicted molar refractivity (Wildman–Crippen MR) is 83.4 cm³/mol. The Morgan fingerprint density at radius 1 is 1.45 bits per heavy atom. The van der Waals surface area contributed by atoms with Crippen LogP contribution in [0.1, 0.15) is 29.9 Å². The van der Waals surface area contributed by atoms with Gasteiger partial charge in [0.1, 0.15) is 4.88 Å². The number of amides is 1. The Labute approximate surface area is 128 Å². The van der Waals surface area contributed by atoms with Crippen LogP contribution in [0.15, 0.2) is 16.3 Å². The van der Waals surface area contributed by atoms with E-state index in [-0.39, 0.29) is 17.8 Å². The lowest BCUT2D eigenvalue weighted by Gasteiger charge is -2.17. The molecule has 1 N–H and O–H groups in total. The van der Waals surface area contributed by atoms with Crippen LogP contribution in [0.2, 0.25) is 0 Å². The minimum atomic E-state index is -0.290. The molecule has 0 aliphatic rings. The zero-order valence-corrected chi connectivity index (χ0v) is 13.9. The van der Waals surface area contributed by atoms with Crippen molar-refractivity contribution in [1.82, 2.24) is 5.32 Å². The van der Waals surface area contributed by atoms with Crippen LogP contribution in [0.4, 0.5) is 0 Å². The lowest BCUT2D eigenvalue weighted by molar-refractivity contribution is -0.145. The second-order valence-corrected chi connectivity index (χ2v) is 6.64. The van der Waals surface area contributed by atoms with Crippen molar-refractivity contribution >= 4 is 35.0 Å². The summed E-state index contributed by atoms with van der Waals surface area (Å²) in [7, 11) is 1.38. The van der Waals surface area contributed by atoms with Crippen molar-refractivity contribution < 1.29 is 14.3 Å². The molecule has 1 heterocycles. The van der Waals surface area contributed by atoms with Gasteiger partial charge in [0.15, 0.2) is 0 Å². The van der Waals surface area contributed by atoms with Crippen molar-refractivity contribution in [3.63, 3.8) is 0 Å². The van der Waals surface area contributed by atoms with Gasteiger partial charge in [-0.3, -0.25) is 9.59 Å². The lowest BCUT2D eigenvalue weighted by Crippen LogP contribution is -2.34. The van der Waals surface area contributed by atoms with Crippen molar-refractivity contribution in [2.24, 2.45) is 11.8 Å². The van der Waals surface area contributed by atoms with Crippen LogP contribution in [0, 0.1) is 11.8 Å². The molecular weight excluding hydrogens is 294 g/mol. The van der Waals surface area contributed by atoms with Crippen molar-refractivity contribution in [1.29, 1.82) is 0 Å². The van der Waals surface area contributed by atoms with Gasteiger partial charge in [0, 0.05) is 11.4 Å². The van der Waals surface area contributed by atoms with E-state index in [0.717, 1.165) is 4.90 Å². The summed E-state index contributed by atoms with van der Waals surface area (Å²) in [6, 6.07) is 1.93. The molecule has 0 aliphatic heterocycles. The molecule has 1 amide bonds. The van der Waals surface area contributed by atoms with Gasteiger partial charge in [-0.05, 0) is 30.0 Å². The van der Waals surface area contributed by atoms with Crippen molar-refractivity contribution in [2.45, 2.75) is 25.2 Å². The summed E-state index contributed by atoms with van der Waals surface area (Å²) in [5, 5.41) is 4.73. The number of nitrogens with one attached hydrogen (secondary N) is 1. The predicted octanol–water partition coefficient (Wildman–Crippen LogP) is 3.04. The first-order valence-electron chi connectivity index (χ1n) is 6.47. The highest BCUT2D eigenvalue weighted by atomic mass is 32.2. The maximum Gasteiger partial charge on any atom is 0.310 e. The average Bonchev–Trinajstić information content (AvgIpc) is 2.90. The van der Waals surface area contributed by atoms with Gasteiger partial charge in [-0.25, -0.2) is 0 Å². The van der Waals surface area contributed by atoms with Gasteiger partial charge in [-0.1, -0.05) is 13.8 Å². The maximum absolute atomic E-state index is 12.1. The van der Waals surface area contributed by atoms with E-state index in [1.807, 2.05) is 31.5 Å². The van der Waals surface area contributed by atoms with Gasteiger partial charge < -0.3 is 10.1 Å². The van der Waals surface area contributed by atoms with E-state index >= 15 is 0 Å². The molecule has 6 heteroatoms. The van der Waals surface area contributed by atoms with Gasteiger partial charge in [0.2, 0.25) is 0 Å². The molecule has 0 radical (unpaired) electrons. The summed E-state index contributed by atoms with van der Waals surface area (Å²) >= 11 is 2.96. The second kappa shape index (κ2) is 8.32.